The van der Waals surface area contributed by atoms with E-state index in [0.29, 0.717) is 25.0 Å². The second-order valence-corrected chi connectivity index (χ2v) is 4.11. The fourth-order valence-electron chi connectivity index (χ4n) is 1.85. The van der Waals surface area contributed by atoms with Gasteiger partial charge in [-0.3, -0.25) is 0 Å². The third kappa shape index (κ3) is 1.90. The maximum Gasteiger partial charge on any atom is 0.165 e. The Labute approximate surface area is 93.8 Å². The van der Waals surface area contributed by atoms with Gasteiger partial charge in [-0.25, -0.2) is 4.39 Å². The summed E-state index contributed by atoms with van der Waals surface area (Å²) in [7, 11) is 2.98. The van der Waals surface area contributed by atoms with Crippen LogP contribution in [-0.2, 0) is 16.9 Å². The smallest absolute Gasteiger partial charge is 0.165 e. The van der Waals surface area contributed by atoms with Crippen molar-refractivity contribution in [1.29, 1.82) is 0 Å². The zero-order valence-corrected chi connectivity index (χ0v) is 9.42. The molecule has 0 atom stereocenters. The Kier molecular flexibility index (Phi) is 2.86. The van der Waals surface area contributed by atoms with E-state index >= 15 is 0 Å². The molecule has 1 fully saturated rings. The molecule has 0 heterocycles. The SMILES string of the molecule is COCc1cc(OC)c(F)cc1C1(O)CC1. The van der Waals surface area contributed by atoms with Crippen molar-refractivity contribution >= 4 is 0 Å². The summed E-state index contributed by atoms with van der Waals surface area (Å²) >= 11 is 0. The van der Waals surface area contributed by atoms with Gasteiger partial charge in [0.2, 0.25) is 0 Å². The Hall–Kier alpha value is -1.13. The van der Waals surface area contributed by atoms with E-state index < -0.39 is 11.4 Å². The summed E-state index contributed by atoms with van der Waals surface area (Å²) in [4.78, 5) is 0. The Morgan fingerprint density at radius 3 is 2.56 bits per heavy atom. The molecule has 1 aliphatic carbocycles. The van der Waals surface area contributed by atoms with Crippen molar-refractivity contribution in [2.45, 2.75) is 25.0 Å². The molecule has 3 nitrogen and oxygen atoms in total. The highest BCUT2D eigenvalue weighted by molar-refractivity contribution is 5.42. The Bertz CT molecular complexity index is 399. The largest absolute Gasteiger partial charge is 0.494 e. The molecule has 0 radical (unpaired) electrons. The summed E-state index contributed by atoms with van der Waals surface area (Å²) in [6, 6.07) is 2.94. The number of rotatable bonds is 4. The molecule has 4 heteroatoms. The second-order valence-electron chi connectivity index (χ2n) is 4.11. The molecule has 0 spiro atoms. The maximum absolute atomic E-state index is 13.6. The first-order valence-electron chi connectivity index (χ1n) is 5.19. The third-order valence-corrected chi connectivity index (χ3v) is 2.90. The van der Waals surface area contributed by atoms with Crippen molar-refractivity contribution in [3.05, 3.63) is 29.1 Å². The minimum atomic E-state index is -0.860. The number of ether oxygens (including phenoxy) is 2. The Balaban J connectivity index is 2.45. The molecule has 1 aromatic carbocycles. The first-order valence-corrected chi connectivity index (χ1v) is 5.19. The van der Waals surface area contributed by atoms with Crippen LogP contribution >= 0.6 is 0 Å². The molecule has 0 unspecified atom stereocenters. The zero-order valence-electron chi connectivity index (χ0n) is 9.42. The molecule has 0 aliphatic heterocycles. The molecule has 2 rings (SSSR count). The van der Waals surface area contributed by atoms with Crippen LogP contribution < -0.4 is 4.74 Å². The predicted molar refractivity (Wildman–Crippen MR) is 56.8 cm³/mol. The van der Waals surface area contributed by atoms with Crippen LogP contribution in [0.4, 0.5) is 4.39 Å². The molecule has 1 aliphatic rings. The van der Waals surface area contributed by atoms with Crippen LogP contribution in [0.3, 0.4) is 0 Å². The average molecular weight is 226 g/mol. The van der Waals surface area contributed by atoms with E-state index in [-0.39, 0.29) is 5.75 Å². The van der Waals surface area contributed by atoms with Crippen LogP contribution in [0.5, 0.6) is 5.75 Å². The standard InChI is InChI=1S/C12H15FO3/c1-15-7-8-5-11(16-2)10(13)6-9(8)12(14)3-4-12/h5-6,14H,3-4,7H2,1-2H3. The molecule has 1 N–H and O–H groups in total. The van der Waals surface area contributed by atoms with Gasteiger partial charge in [-0.1, -0.05) is 0 Å². The quantitative estimate of drug-likeness (QED) is 0.853. The van der Waals surface area contributed by atoms with E-state index in [1.165, 1.54) is 13.2 Å². The van der Waals surface area contributed by atoms with Crippen LogP contribution in [0, 0.1) is 5.82 Å². The van der Waals surface area contributed by atoms with Crippen LogP contribution in [0.25, 0.3) is 0 Å². The number of aliphatic hydroxyl groups is 1. The topological polar surface area (TPSA) is 38.7 Å². The molecule has 0 saturated heterocycles. The molecule has 0 bridgehead atoms. The highest BCUT2D eigenvalue weighted by Crippen LogP contribution is 2.47. The minimum absolute atomic E-state index is 0.181. The van der Waals surface area contributed by atoms with Crippen molar-refractivity contribution < 1.29 is 19.0 Å². The van der Waals surface area contributed by atoms with Gasteiger partial charge >= 0.3 is 0 Å². The monoisotopic (exact) mass is 226 g/mol. The van der Waals surface area contributed by atoms with Crippen molar-refractivity contribution in [2.75, 3.05) is 14.2 Å². The predicted octanol–water partition coefficient (Wildman–Crippen LogP) is 1.96. The number of methoxy groups -OCH3 is 2. The molecule has 0 aromatic heterocycles. The van der Waals surface area contributed by atoms with Gasteiger partial charge in [0.05, 0.1) is 19.3 Å². The number of benzene rings is 1. The molecule has 88 valence electrons. The lowest BCUT2D eigenvalue weighted by atomic mass is 10.0. The van der Waals surface area contributed by atoms with Gasteiger partial charge in [0.25, 0.3) is 0 Å². The van der Waals surface area contributed by atoms with E-state index in [9.17, 15) is 9.50 Å². The third-order valence-electron chi connectivity index (χ3n) is 2.90. The molecule has 0 amide bonds. The van der Waals surface area contributed by atoms with Gasteiger partial charge in [-0.15, -0.1) is 0 Å². The molecular weight excluding hydrogens is 211 g/mol. The lowest BCUT2D eigenvalue weighted by Gasteiger charge is -2.15. The van der Waals surface area contributed by atoms with E-state index in [1.807, 2.05) is 0 Å². The first kappa shape index (κ1) is 11.4. The number of hydrogen-bond donors (Lipinski definition) is 1. The molecule has 16 heavy (non-hydrogen) atoms. The van der Waals surface area contributed by atoms with E-state index in [1.54, 1.807) is 13.2 Å². The summed E-state index contributed by atoms with van der Waals surface area (Å²) in [6.45, 7) is 0.342. The van der Waals surface area contributed by atoms with Crippen molar-refractivity contribution in [3.8, 4) is 5.75 Å². The summed E-state index contributed by atoms with van der Waals surface area (Å²) < 4.78 is 23.5. The van der Waals surface area contributed by atoms with Crippen molar-refractivity contribution in [1.82, 2.24) is 0 Å². The van der Waals surface area contributed by atoms with Crippen molar-refractivity contribution in [2.24, 2.45) is 0 Å². The number of halogens is 1. The van der Waals surface area contributed by atoms with Crippen LogP contribution in [0.1, 0.15) is 24.0 Å². The Morgan fingerprint density at radius 2 is 2.06 bits per heavy atom. The van der Waals surface area contributed by atoms with Crippen molar-refractivity contribution in [3.63, 3.8) is 0 Å². The Morgan fingerprint density at radius 1 is 1.38 bits per heavy atom. The van der Waals surface area contributed by atoms with Gasteiger partial charge in [0.15, 0.2) is 11.6 Å². The molecular formula is C12H15FO3. The lowest BCUT2D eigenvalue weighted by Crippen LogP contribution is -2.10. The maximum atomic E-state index is 13.6. The number of hydrogen-bond acceptors (Lipinski definition) is 3. The summed E-state index contributed by atoms with van der Waals surface area (Å²) in [5.74, 6) is -0.266. The summed E-state index contributed by atoms with van der Waals surface area (Å²) in [5.41, 5.74) is 0.537. The zero-order chi connectivity index (χ0) is 11.8. The van der Waals surface area contributed by atoms with Gasteiger partial charge in [0.1, 0.15) is 0 Å². The van der Waals surface area contributed by atoms with Gasteiger partial charge in [-0.2, -0.15) is 0 Å². The molecule has 1 saturated carbocycles. The van der Waals surface area contributed by atoms with E-state index in [2.05, 4.69) is 0 Å². The van der Waals surface area contributed by atoms with Gasteiger partial charge in [-0.05, 0) is 36.1 Å². The van der Waals surface area contributed by atoms with Crippen LogP contribution in [0.2, 0.25) is 0 Å². The fraction of sp³-hybridized carbons (Fsp3) is 0.500. The fourth-order valence-corrected chi connectivity index (χ4v) is 1.85. The van der Waals surface area contributed by atoms with Crippen LogP contribution in [-0.4, -0.2) is 19.3 Å². The van der Waals surface area contributed by atoms with E-state index in [0.717, 1.165) is 5.56 Å². The second kappa shape index (κ2) is 4.03. The molecule has 1 aromatic rings. The normalized spacial score (nSPS) is 17.2. The average Bonchev–Trinajstić information content (AvgIpc) is 3.00. The van der Waals surface area contributed by atoms with Gasteiger partial charge in [0, 0.05) is 7.11 Å². The van der Waals surface area contributed by atoms with E-state index in [4.69, 9.17) is 9.47 Å². The minimum Gasteiger partial charge on any atom is -0.494 e. The lowest BCUT2D eigenvalue weighted by molar-refractivity contribution is 0.141. The summed E-state index contributed by atoms with van der Waals surface area (Å²) in [6.07, 6.45) is 1.35. The highest BCUT2D eigenvalue weighted by Gasteiger charge is 2.44. The van der Waals surface area contributed by atoms with Crippen LogP contribution in [0.15, 0.2) is 12.1 Å². The summed E-state index contributed by atoms with van der Waals surface area (Å²) in [5, 5.41) is 10.0. The highest BCUT2D eigenvalue weighted by atomic mass is 19.1. The first-order chi connectivity index (χ1) is 7.60. The van der Waals surface area contributed by atoms with Gasteiger partial charge < -0.3 is 14.6 Å².